The fraction of sp³-hybridized carbons (Fsp3) is 0.846. The molecule has 2 aliphatic heterocycles. The molecule has 9 nitrogen and oxygen atoms in total. The number of nitrogens with zero attached hydrogens (tertiary/aromatic N) is 3. The summed E-state index contributed by atoms with van der Waals surface area (Å²) in [6, 6.07) is 0. The smallest absolute Gasteiger partial charge is 0.236 e. The molecule has 2 aliphatic rings. The molecule has 24 heavy (non-hydrogen) atoms. The van der Waals surface area contributed by atoms with E-state index in [4.69, 9.17) is 0 Å². The molecule has 0 bridgehead atoms. The van der Waals surface area contributed by atoms with E-state index >= 15 is 0 Å². The van der Waals surface area contributed by atoms with Crippen molar-refractivity contribution in [1.29, 1.82) is 0 Å². The third kappa shape index (κ3) is 5.42. The monoisotopic (exact) mass is 381 g/mol. The van der Waals surface area contributed by atoms with Gasteiger partial charge >= 0.3 is 0 Å². The van der Waals surface area contributed by atoms with Crippen LogP contribution in [-0.4, -0.2) is 113 Å². The summed E-state index contributed by atoms with van der Waals surface area (Å²) in [5, 5.41) is 0. The van der Waals surface area contributed by atoms with Gasteiger partial charge in [-0.2, -0.15) is 0 Å². The van der Waals surface area contributed by atoms with Crippen LogP contribution in [0.2, 0.25) is 0 Å². The molecular weight excluding hydrogens is 358 g/mol. The van der Waals surface area contributed by atoms with Crippen molar-refractivity contribution in [2.75, 3.05) is 69.3 Å². The maximum absolute atomic E-state index is 12.1. The molecule has 11 heteroatoms. The van der Waals surface area contributed by atoms with Crippen molar-refractivity contribution in [3.63, 3.8) is 0 Å². The molecule has 2 fully saturated rings. The number of sulfone groups is 2. The van der Waals surface area contributed by atoms with Gasteiger partial charge in [-0.1, -0.05) is 0 Å². The van der Waals surface area contributed by atoms with Crippen LogP contribution >= 0.6 is 0 Å². The number of hydrogen-bond acceptors (Lipinski definition) is 7. The Morgan fingerprint density at radius 3 is 1.33 bits per heavy atom. The van der Waals surface area contributed by atoms with E-state index in [1.165, 1.54) is 9.80 Å². The minimum Gasteiger partial charge on any atom is -0.340 e. The fourth-order valence-corrected chi connectivity index (χ4v) is 5.04. The highest BCUT2D eigenvalue weighted by Gasteiger charge is 2.28. The minimum absolute atomic E-state index is 0.0242. The molecule has 0 spiro atoms. The van der Waals surface area contributed by atoms with Crippen LogP contribution in [0.1, 0.15) is 0 Å². The Hall–Kier alpha value is -1.20. The molecule has 0 aromatic heterocycles. The summed E-state index contributed by atoms with van der Waals surface area (Å²) in [5.74, 6) is -0.511. The molecule has 2 rings (SSSR count). The first-order valence-electron chi connectivity index (χ1n) is 7.73. The highest BCUT2D eigenvalue weighted by Crippen LogP contribution is 2.06. The van der Waals surface area contributed by atoms with E-state index in [0.29, 0.717) is 0 Å². The second kappa shape index (κ2) is 7.36. The number of amides is 2. The molecule has 0 saturated carbocycles. The molecule has 138 valence electrons. The molecule has 0 radical (unpaired) electrons. The molecule has 0 aromatic rings. The molecule has 2 heterocycles. The molecule has 0 atom stereocenters. The summed E-state index contributed by atoms with van der Waals surface area (Å²) in [6.07, 6.45) is 0. The summed E-state index contributed by atoms with van der Waals surface area (Å²) < 4.78 is 45.5. The Morgan fingerprint density at radius 1 is 0.750 bits per heavy atom. The second-order valence-corrected chi connectivity index (χ2v) is 10.8. The van der Waals surface area contributed by atoms with Crippen LogP contribution in [0.15, 0.2) is 0 Å². The Morgan fingerprint density at radius 2 is 1.04 bits per heavy atom. The van der Waals surface area contributed by atoms with E-state index in [9.17, 15) is 26.4 Å². The van der Waals surface area contributed by atoms with Crippen molar-refractivity contribution in [3.05, 3.63) is 0 Å². The maximum Gasteiger partial charge on any atom is 0.236 e. The lowest BCUT2D eigenvalue weighted by molar-refractivity contribution is -0.134. The number of carbonyl (C=O) groups is 2. The summed E-state index contributed by atoms with van der Waals surface area (Å²) in [4.78, 5) is 28.9. The van der Waals surface area contributed by atoms with Crippen molar-refractivity contribution in [2.24, 2.45) is 0 Å². The topological polar surface area (TPSA) is 112 Å². The van der Waals surface area contributed by atoms with E-state index in [1.807, 2.05) is 0 Å². The maximum atomic E-state index is 12.1. The zero-order chi connectivity index (χ0) is 18.0. The van der Waals surface area contributed by atoms with Gasteiger partial charge in [-0.05, 0) is 7.05 Å². The van der Waals surface area contributed by atoms with Crippen LogP contribution in [0.3, 0.4) is 0 Å². The van der Waals surface area contributed by atoms with Crippen LogP contribution < -0.4 is 0 Å². The SMILES string of the molecule is CN(CC(=O)N1CCS(=O)(=O)CC1)CC(=O)N1CCS(=O)(=O)CC1. The highest BCUT2D eigenvalue weighted by atomic mass is 32.2. The Labute approximate surface area is 142 Å². The Kier molecular flexibility index (Phi) is 5.87. The average molecular weight is 381 g/mol. The van der Waals surface area contributed by atoms with E-state index in [-0.39, 0.29) is 74.1 Å². The zero-order valence-electron chi connectivity index (χ0n) is 13.7. The summed E-state index contributed by atoms with van der Waals surface area (Å²) in [7, 11) is -4.44. The molecule has 2 amide bonds. The van der Waals surface area contributed by atoms with Gasteiger partial charge in [-0.25, -0.2) is 16.8 Å². The fourth-order valence-electron chi connectivity index (χ4n) is 2.64. The van der Waals surface area contributed by atoms with Crippen LogP contribution in [0, 0.1) is 0 Å². The molecule has 2 saturated heterocycles. The average Bonchev–Trinajstić information content (AvgIpc) is 2.46. The van der Waals surface area contributed by atoms with Crippen molar-refractivity contribution in [2.45, 2.75) is 0 Å². The molecular formula is C13H23N3O6S2. The van der Waals surface area contributed by atoms with Gasteiger partial charge in [0.1, 0.15) is 0 Å². The first kappa shape index (κ1) is 19.1. The third-order valence-corrected chi connectivity index (χ3v) is 7.42. The third-order valence-electron chi connectivity index (χ3n) is 4.20. The van der Waals surface area contributed by atoms with Gasteiger partial charge in [0.05, 0.1) is 36.1 Å². The normalized spacial score (nSPS) is 23.2. The summed E-state index contributed by atoms with van der Waals surface area (Å²) >= 11 is 0. The molecule has 0 aliphatic carbocycles. The zero-order valence-corrected chi connectivity index (χ0v) is 15.3. The van der Waals surface area contributed by atoms with Gasteiger partial charge < -0.3 is 9.80 Å². The predicted octanol–water partition coefficient (Wildman–Crippen LogP) is -2.57. The van der Waals surface area contributed by atoms with Crippen molar-refractivity contribution < 1.29 is 26.4 Å². The van der Waals surface area contributed by atoms with Crippen LogP contribution in [0.25, 0.3) is 0 Å². The Balaban J connectivity index is 1.77. The Bertz CT molecular complexity index is 615. The van der Waals surface area contributed by atoms with Gasteiger partial charge in [0.25, 0.3) is 0 Å². The lowest BCUT2D eigenvalue weighted by Gasteiger charge is -2.30. The first-order chi connectivity index (χ1) is 11.1. The van der Waals surface area contributed by atoms with Gasteiger partial charge in [0, 0.05) is 26.2 Å². The lowest BCUT2D eigenvalue weighted by atomic mass is 10.3. The van der Waals surface area contributed by atoms with Gasteiger partial charge in [-0.15, -0.1) is 0 Å². The van der Waals surface area contributed by atoms with Gasteiger partial charge in [0.15, 0.2) is 19.7 Å². The second-order valence-electron chi connectivity index (χ2n) is 6.24. The van der Waals surface area contributed by atoms with E-state index < -0.39 is 19.7 Å². The van der Waals surface area contributed by atoms with Gasteiger partial charge in [-0.3, -0.25) is 14.5 Å². The number of rotatable bonds is 4. The van der Waals surface area contributed by atoms with Gasteiger partial charge in [0.2, 0.25) is 11.8 Å². The number of carbonyl (C=O) groups excluding carboxylic acids is 2. The lowest BCUT2D eigenvalue weighted by Crippen LogP contribution is -2.50. The van der Waals surface area contributed by atoms with Crippen LogP contribution in [0.4, 0.5) is 0 Å². The van der Waals surface area contributed by atoms with Crippen molar-refractivity contribution in [1.82, 2.24) is 14.7 Å². The van der Waals surface area contributed by atoms with Crippen LogP contribution in [0.5, 0.6) is 0 Å². The number of hydrogen-bond donors (Lipinski definition) is 0. The molecule has 0 N–H and O–H groups in total. The quantitative estimate of drug-likeness (QED) is 0.526. The summed E-state index contributed by atoms with van der Waals surface area (Å²) in [6.45, 7) is 0.801. The van der Waals surface area contributed by atoms with Crippen molar-refractivity contribution in [3.8, 4) is 0 Å². The van der Waals surface area contributed by atoms with E-state index in [0.717, 1.165) is 0 Å². The molecule has 0 unspecified atom stereocenters. The summed E-state index contributed by atoms with van der Waals surface area (Å²) in [5.41, 5.74) is 0. The predicted molar refractivity (Wildman–Crippen MR) is 88.0 cm³/mol. The highest BCUT2D eigenvalue weighted by molar-refractivity contribution is 7.91. The first-order valence-corrected chi connectivity index (χ1v) is 11.4. The molecule has 0 aromatic carbocycles. The number of likely N-dealkylation sites (N-methyl/N-ethyl adjacent to an activating group) is 1. The van der Waals surface area contributed by atoms with Crippen LogP contribution in [-0.2, 0) is 29.3 Å². The largest absolute Gasteiger partial charge is 0.340 e. The van der Waals surface area contributed by atoms with E-state index in [1.54, 1.807) is 11.9 Å². The standard InChI is InChI=1S/C13H23N3O6S2/c1-14(10-12(17)15-2-6-23(19,20)7-3-15)11-13(18)16-4-8-24(21,22)9-5-16/h2-11H2,1H3. The van der Waals surface area contributed by atoms with E-state index in [2.05, 4.69) is 0 Å². The minimum atomic E-state index is -3.04. The van der Waals surface area contributed by atoms with Crippen molar-refractivity contribution >= 4 is 31.5 Å².